The zero-order chi connectivity index (χ0) is 26.4. The fraction of sp³-hybridized carbons (Fsp3) is 0.233. The van der Waals surface area contributed by atoms with Gasteiger partial charge in [0.15, 0.2) is 0 Å². The molecule has 1 saturated heterocycles. The molecule has 6 rings (SSSR count). The van der Waals surface area contributed by atoms with Gasteiger partial charge in [0.05, 0.1) is 22.4 Å². The van der Waals surface area contributed by atoms with Gasteiger partial charge in [-0.15, -0.1) is 0 Å². The van der Waals surface area contributed by atoms with Crippen molar-refractivity contribution in [2.75, 3.05) is 13.1 Å². The van der Waals surface area contributed by atoms with E-state index in [-0.39, 0.29) is 23.5 Å². The summed E-state index contributed by atoms with van der Waals surface area (Å²) in [6.45, 7) is 5.14. The van der Waals surface area contributed by atoms with Gasteiger partial charge in [0.25, 0.3) is 5.91 Å². The minimum atomic E-state index is -0.349. The Morgan fingerprint density at radius 1 is 0.947 bits per heavy atom. The van der Waals surface area contributed by atoms with E-state index in [2.05, 4.69) is 18.0 Å². The number of amides is 1. The number of rotatable bonds is 4. The molecule has 1 fully saturated rings. The van der Waals surface area contributed by atoms with E-state index >= 15 is 0 Å². The minimum Gasteiger partial charge on any atom is -0.337 e. The molecule has 2 aromatic heterocycles. The van der Waals surface area contributed by atoms with Crippen LogP contribution in [0.15, 0.2) is 77.6 Å². The molecule has 0 bridgehead atoms. The molecule has 0 spiro atoms. The Labute approximate surface area is 219 Å². The van der Waals surface area contributed by atoms with Crippen molar-refractivity contribution in [3.05, 3.63) is 106 Å². The van der Waals surface area contributed by atoms with Crippen molar-refractivity contribution in [1.82, 2.24) is 24.2 Å². The minimum absolute atomic E-state index is 0.0100. The second-order valence-corrected chi connectivity index (χ2v) is 9.94. The Balaban J connectivity index is 1.30. The van der Waals surface area contributed by atoms with Crippen LogP contribution < -0.4 is 5.69 Å². The number of aryl methyl sites for hydroxylation is 2. The van der Waals surface area contributed by atoms with Gasteiger partial charge in [-0.2, -0.15) is 5.10 Å². The Kier molecular flexibility index (Phi) is 5.94. The summed E-state index contributed by atoms with van der Waals surface area (Å²) in [4.78, 5) is 31.2. The standard InChI is InChI=1S/C30H28FN5O2/c1-19-7-8-21(17-20(19)2)26-18-28(36(33-26)24-11-9-22(31)10-12-24)29(37)34-15-13-23(14-16-34)35-27-6-4-3-5-25(27)32-30(35)38/h3-12,17-18,23H,13-16H2,1-2H3,(H,32,38). The van der Waals surface area contributed by atoms with Gasteiger partial charge in [0.1, 0.15) is 11.5 Å². The first-order chi connectivity index (χ1) is 18.4. The number of imidazole rings is 1. The first kappa shape index (κ1) is 23.9. The molecule has 1 aliphatic heterocycles. The van der Waals surface area contributed by atoms with E-state index in [1.165, 1.54) is 17.7 Å². The van der Waals surface area contributed by atoms with Gasteiger partial charge in [-0.25, -0.2) is 13.9 Å². The summed E-state index contributed by atoms with van der Waals surface area (Å²) >= 11 is 0. The molecule has 7 nitrogen and oxygen atoms in total. The van der Waals surface area contributed by atoms with Crippen LogP contribution in [0.5, 0.6) is 0 Å². The topological polar surface area (TPSA) is 75.9 Å². The van der Waals surface area contributed by atoms with Crippen LogP contribution in [-0.2, 0) is 0 Å². The van der Waals surface area contributed by atoms with E-state index in [1.54, 1.807) is 16.8 Å². The highest BCUT2D eigenvalue weighted by molar-refractivity contribution is 5.94. The third-order valence-electron chi connectivity index (χ3n) is 7.54. The van der Waals surface area contributed by atoms with E-state index < -0.39 is 0 Å². The van der Waals surface area contributed by atoms with Crippen LogP contribution in [-0.4, -0.2) is 43.2 Å². The third kappa shape index (κ3) is 4.22. The maximum absolute atomic E-state index is 13.8. The molecule has 3 heterocycles. The van der Waals surface area contributed by atoms with Crippen molar-refractivity contribution in [2.45, 2.75) is 32.7 Å². The molecule has 1 amide bonds. The number of piperidine rings is 1. The second-order valence-electron chi connectivity index (χ2n) is 9.94. The van der Waals surface area contributed by atoms with E-state index in [4.69, 9.17) is 5.10 Å². The quantitative estimate of drug-likeness (QED) is 0.352. The number of hydrogen-bond donors (Lipinski definition) is 1. The Morgan fingerprint density at radius 2 is 1.68 bits per heavy atom. The molecule has 0 unspecified atom stereocenters. The van der Waals surface area contributed by atoms with Crippen molar-refractivity contribution in [3.8, 4) is 16.9 Å². The van der Waals surface area contributed by atoms with Crippen LogP contribution in [0.3, 0.4) is 0 Å². The van der Waals surface area contributed by atoms with Crippen LogP contribution in [0.25, 0.3) is 28.0 Å². The highest BCUT2D eigenvalue weighted by Gasteiger charge is 2.29. The number of carbonyl (C=O) groups is 1. The maximum Gasteiger partial charge on any atom is 0.326 e. The number of aromatic amines is 1. The Morgan fingerprint density at radius 3 is 2.42 bits per heavy atom. The summed E-state index contributed by atoms with van der Waals surface area (Å²) < 4.78 is 17.1. The highest BCUT2D eigenvalue weighted by atomic mass is 19.1. The van der Waals surface area contributed by atoms with Crippen molar-refractivity contribution in [2.24, 2.45) is 0 Å². The predicted octanol–water partition coefficient (Wildman–Crippen LogP) is 5.42. The number of para-hydroxylation sites is 2. The van der Waals surface area contributed by atoms with Crippen LogP contribution >= 0.6 is 0 Å². The lowest BCUT2D eigenvalue weighted by Crippen LogP contribution is -2.41. The normalized spacial score (nSPS) is 14.3. The van der Waals surface area contributed by atoms with Gasteiger partial charge in [0, 0.05) is 24.7 Å². The molecule has 38 heavy (non-hydrogen) atoms. The van der Waals surface area contributed by atoms with Gasteiger partial charge in [-0.1, -0.05) is 24.3 Å². The second kappa shape index (κ2) is 9.45. The number of nitrogens with one attached hydrogen (secondary N) is 1. The third-order valence-corrected chi connectivity index (χ3v) is 7.54. The van der Waals surface area contributed by atoms with Gasteiger partial charge >= 0.3 is 5.69 Å². The van der Waals surface area contributed by atoms with Gasteiger partial charge in [0.2, 0.25) is 0 Å². The van der Waals surface area contributed by atoms with Crippen LogP contribution in [0.4, 0.5) is 4.39 Å². The first-order valence-corrected chi connectivity index (χ1v) is 12.8. The smallest absolute Gasteiger partial charge is 0.326 e. The number of likely N-dealkylation sites (tertiary alicyclic amines) is 1. The highest BCUT2D eigenvalue weighted by Crippen LogP contribution is 2.28. The molecule has 0 atom stereocenters. The summed E-state index contributed by atoms with van der Waals surface area (Å²) in [5.74, 6) is -0.487. The Bertz CT molecular complexity index is 1710. The lowest BCUT2D eigenvalue weighted by Gasteiger charge is -2.32. The van der Waals surface area contributed by atoms with Gasteiger partial charge < -0.3 is 9.88 Å². The number of benzene rings is 3. The number of nitrogens with zero attached hydrogens (tertiary/aromatic N) is 4. The number of hydrogen-bond acceptors (Lipinski definition) is 3. The molecular formula is C30H28FN5O2. The summed E-state index contributed by atoms with van der Waals surface area (Å²) in [5.41, 5.74) is 6.54. The summed E-state index contributed by atoms with van der Waals surface area (Å²) in [6.07, 6.45) is 1.34. The molecule has 8 heteroatoms. The van der Waals surface area contributed by atoms with Crippen molar-refractivity contribution >= 4 is 16.9 Å². The van der Waals surface area contributed by atoms with Crippen LogP contribution in [0, 0.1) is 19.7 Å². The largest absolute Gasteiger partial charge is 0.337 e. The number of carbonyl (C=O) groups excluding carboxylic acids is 1. The number of aromatic nitrogens is 4. The van der Waals surface area contributed by atoms with E-state index in [0.29, 0.717) is 43.0 Å². The number of halogens is 1. The maximum atomic E-state index is 13.8. The van der Waals surface area contributed by atoms with Crippen molar-refractivity contribution in [3.63, 3.8) is 0 Å². The van der Waals surface area contributed by atoms with Gasteiger partial charge in [-0.05, 0) is 86.3 Å². The molecular weight excluding hydrogens is 481 g/mol. The monoisotopic (exact) mass is 509 g/mol. The fourth-order valence-corrected chi connectivity index (χ4v) is 5.28. The molecule has 3 aromatic carbocycles. The molecule has 0 saturated carbocycles. The summed E-state index contributed by atoms with van der Waals surface area (Å²) in [7, 11) is 0. The molecule has 5 aromatic rings. The van der Waals surface area contributed by atoms with Crippen LogP contribution in [0.1, 0.15) is 40.5 Å². The molecule has 1 N–H and O–H groups in total. The SMILES string of the molecule is Cc1ccc(-c2cc(C(=O)N3CCC(n4c(=O)[nH]c5ccccc54)CC3)n(-c3ccc(F)cc3)n2)cc1C. The molecule has 1 aliphatic rings. The van der Waals surface area contributed by atoms with E-state index in [0.717, 1.165) is 22.2 Å². The lowest BCUT2D eigenvalue weighted by atomic mass is 10.0. The Hall–Kier alpha value is -4.46. The van der Waals surface area contributed by atoms with Crippen LogP contribution in [0.2, 0.25) is 0 Å². The number of H-pyrrole nitrogens is 1. The first-order valence-electron chi connectivity index (χ1n) is 12.8. The van der Waals surface area contributed by atoms with Gasteiger partial charge in [-0.3, -0.25) is 9.36 Å². The number of fused-ring (bicyclic) bond motifs is 1. The summed E-state index contributed by atoms with van der Waals surface area (Å²) in [5, 5.41) is 4.77. The average molecular weight is 510 g/mol. The van der Waals surface area contributed by atoms with Crippen molar-refractivity contribution < 1.29 is 9.18 Å². The fourth-order valence-electron chi connectivity index (χ4n) is 5.28. The molecule has 0 radical (unpaired) electrons. The zero-order valence-corrected chi connectivity index (χ0v) is 21.3. The molecule has 192 valence electrons. The molecule has 0 aliphatic carbocycles. The zero-order valence-electron chi connectivity index (χ0n) is 21.3. The van der Waals surface area contributed by atoms with Crippen molar-refractivity contribution in [1.29, 1.82) is 0 Å². The van der Waals surface area contributed by atoms with E-state index in [9.17, 15) is 14.0 Å². The van der Waals surface area contributed by atoms with E-state index in [1.807, 2.05) is 58.9 Å². The summed E-state index contributed by atoms with van der Waals surface area (Å²) in [6, 6.07) is 21.6. The lowest BCUT2D eigenvalue weighted by molar-refractivity contribution is 0.0685. The predicted molar refractivity (Wildman–Crippen MR) is 145 cm³/mol. The average Bonchev–Trinajstić information content (AvgIpc) is 3.51.